The van der Waals surface area contributed by atoms with Gasteiger partial charge >= 0.3 is 11.8 Å². The highest BCUT2D eigenvalue weighted by atomic mass is 35.5. The maximum atomic E-state index is 11.6. The minimum Gasteiger partial charge on any atom is -0.348 e. The minimum absolute atomic E-state index is 0.250. The Balaban J connectivity index is 2.52. The number of rotatable bonds is 5. The maximum Gasteiger partial charge on any atom is 0.313 e. The van der Waals surface area contributed by atoms with Crippen LogP contribution in [0.25, 0.3) is 0 Å². The number of carbonyl (C=O) groups is 2. The number of anilines is 1. The topological polar surface area (TPSA) is 58.2 Å². The molecule has 1 aromatic carbocycles. The van der Waals surface area contributed by atoms with Gasteiger partial charge in [-0.2, -0.15) is 0 Å². The molecule has 0 spiro atoms. The van der Waals surface area contributed by atoms with Crippen LogP contribution in [0.2, 0.25) is 10.0 Å². The molecule has 0 fully saturated rings. The zero-order valence-electron chi connectivity index (χ0n) is 10.6. The molecule has 0 atom stereocenters. The molecule has 0 saturated heterocycles. The SMILES string of the molecule is CCCCCNC(=O)C(=O)Nc1c(Cl)cccc1Cl. The predicted molar refractivity (Wildman–Crippen MR) is 77.6 cm³/mol. The second-order valence-corrected chi connectivity index (χ2v) is 4.83. The van der Waals surface area contributed by atoms with Crippen LogP contribution < -0.4 is 10.6 Å². The molecule has 0 bridgehead atoms. The fraction of sp³-hybridized carbons (Fsp3) is 0.385. The molecule has 6 heteroatoms. The van der Waals surface area contributed by atoms with Crippen molar-refractivity contribution in [3.8, 4) is 0 Å². The lowest BCUT2D eigenvalue weighted by atomic mass is 10.2. The van der Waals surface area contributed by atoms with Gasteiger partial charge in [0.25, 0.3) is 0 Å². The first-order chi connectivity index (χ1) is 9.06. The molecule has 0 radical (unpaired) electrons. The summed E-state index contributed by atoms with van der Waals surface area (Å²) in [5.74, 6) is -1.46. The molecular formula is C13H16Cl2N2O2. The summed E-state index contributed by atoms with van der Waals surface area (Å²) in [5.41, 5.74) is 0.250. The van der Waals surface area contributed by atoms with Crippen LogP contribution in [-0.2, 0) is 9.59 Å². The number of para-hydroxylation sites is 1. The lowest BCUT2D eigenvalue weighted by molar-refractivity contribution is -0.136. The van der Waals surface area contributed by atoms with Gasteiger partial charge in [-0.15, -0.1) is 0 Å². The number of benzene rings is 1. The smallest absolute Gasteiger partial charge is 0.313 e. The molecule has 2 amide bonds. The van der Waals surface area contributed by atoms with Crippen LogP contribution in [-0.4, -0.2) is 18.4 Å². The monoisotopic (exact) mass is 302 g/mol. The van der Waals surface area contributed by atoms with Crippen molar-refractivity contribution in [1.82, 2.24) is 5.32 Å². The number of hydrogen-bond donors (Lipinski definition) is 2. The molecule has 0 aliphatic rings. The van der Waals surface area contributed by atoms with Gasteiger partial charge in [0, 0.05) is 6.54 Å². The van der Waals surface area contributed by atoms with Gasteiger partial charge in [0.05, 0.1) is 15.7 Å². The third-order valence-corrected chi connectivity index (χ3v) is 3.10. The van der Waals surface area contributed by atoms with Gasteiger partial charge in [0.2, 0.25) is 0 Å². The van der Waals surface area contributed by atoms with E-state index in [1.807, 2.05) is 0 Å². The molecule has 19 heavy (non-hydrogen) atoms. The highest BCUT2D eigenvalue weighted by Crippen LogP contribution is 2.29. The summed E-state index contributed by atoms with van der Waals surface area (Å²) < 4.78 is 0. The van der Waals surface area contributed by atoms with Crippen LogP contribution in [0.3, 0.4) is 0 Å². The van der Waals surface area contributed by atoms with E-state index in [4.69, 9.17) is 23.2 Å². The Kier molecular flexibility index (Phi) is 6.67. The van der Waals surface area contributed by atoms with Gasteiger partial charge in [0.1, 0.15) is 0 Å². The highest BCUT2D eigenvalue weighted by Gasteiger charge is 2.16. The van der Waals surface area contributed by atoms with Crippen LogP contribution in [0.15, 0.2) is 18.2 Å². The van der Waals surface area contributed by atoms with Crippen LogP contribution in [0.1, 0.15) is 26.2 Å². The molecule has 104 valence electrons. The number of unbranched alkanes of at least 4 members (excludes halogenated alkanes) is 2. The molecule has 0 aromatic heterocycles. The van der Waals surface area contributed by atoms with E-state index >= 15 is 0 Å². The van der Waals surface area contributed by atoms with E-state index < -0.39 is 11.8 Å². The van der Waals surface area contributed by atoms with Crippen LogP contribution in [0.4, 0.5) is 5.69 Å². The predicted octanol–water partition coefficient (Wildman–Crippen LogP) is 3.24. The summed E-state index contributed by atoms with van der Waals surface area (Å²) in [7, 11) is 0. The Bertz CT molecular complexity index is 444. The Morgan fingerprint density at radius 2 is 1.74 bits per heavy atom. The average molecular weight is 303 g/mol. The first-order valence-electron chi connectivity index (χ1n) is 6.09. The van der Waals surface area contributed by atoms with Gasteiger partial charge in [-0.25, -0.2) is 0 Å². The quantitative estimate of drug-likeness (QED) is 0.648. The molecule has 1 aromatic rings. The van der Waals surface area contributed by atoms with Crippen LogP contribution in [0.5, 0.6) is 0 Å². The molecular weight excluding hydrogens is 287 g/mol. The van der Waals surface area contributed by atoms with E-state index in [9.17, 15) is 9.59 Å². The molecule has 4 nitrogen and oxygen atoms in total. The van der Waals surface area contributed by atoms with Crippen molar-refractivity contribution in [3.05, 3.63) is 28.2 Å². The van der Waals surface area contributed by atoms with Gasteiger partial charge in [-0.05, 0) is 18.6 Å². The summed E-state index contributed by atoms with van der Waals surface area (Å²) in [6.45, 7) is 2.55. The Labute approximate surface area is 122 Å². The summed E-state index contributed by atoms with van der Waals surface area (Å²) in [5, 5.41) is 5.53. The lowest BCUT2D eigenvalue weighted by Crippen LogP contribution is -2.36. The molecule has 0 aliphatic heterocycles. The van der Waals surface area contributed by atoms with Crippen molar-refractivity contribution < 1.29 is 9.59 Å². The number of amides is 2. The number of carbonyl (C=O) groups excluding carboxylic acids is 2. The van der Waals surface area contributed by atoms with Gasteiger partial charge in [-0.3, -0.25) is 9.59 Å². The third kappa shape index (κ3) is 5.09. The van der Waals surface area contributed by atoms with E-state index in [0.717, 1.165) is 19.3 Å². The normalized spacial score (nSPS) is 10.1. The zero-order chi connectivity index (χ0) is 14.3. The van der Waals surface area contributed by atoms with Crippen molar-refractivity contribution in [2.45, 2.75) is 26.2 Å². The van der Waals surface area contributed by atoms with E-state index in [0.29, 0.717) is 16.6 Å². The van der Waals surface area contributed by atoms with Crippen LogP contribution in [0, 0.1) is 0 Å². The van der Waals surface area contributed by atoms with Gasteiger partial charge in [0.15, 0.2) is 0 Å². The van der Waals surface area contributed by atoms with E-state index in [1.54, 1.807) is 18.2 Å². The summed E-state index contributed by atoms with van der Waals surface area (Å²) in [6.07, 6.45) is 2.91. The van der Waals surface area contributed by atoms with E-state index in [2.05, 4.69) is 17.6 Å². The standard InChI is InChI=1S/C13H16Cl2N2O2/c1-2-3-4-8-16-12(18)13(19)17-11-9(14)6-5-7-10(11)15/h5-7H,2-4,8H2,1H3,(H,16,18)(H,17,19). The average Bonchev–Trinajstić information content (AvgIpc) is 2.38. The van der Waals surface area contributed by atoms with Gasteiger partial charge < -0.3 is 10.6 Å². The molecule has 1 rings (SSSR count). The van der Waals surface area contributed by atoms with Crippen molar-refractivity contribution in [2.24, 2.45) is 0 Å². The second-order valence-electron chi connectivity index (χ2n) is 4.01. The molecule has 0 heterocycles. The first kappa shape index (κ1) is 15.8. The highest BCUT2D eigenvalue weighted by molar-refractivity contribution is 6.44. The third-order valence-electron chi connectivity index (χ3n) is 2.47. The first-order valence-corrected chi connectivity index (χ1v) is 6.85. The van der Waals surface area contributed by atoms with Crippen molar-refractivity contribution in [3.63, 3.8) is 0 Å². The van der Waals surface area contributed by atoms with Gasteiger partial charge in [-0.1, -0.05) is 49.0 Å². The Morgan fingerprint density at radius 1 is 1.11 bits per heavy atom. The van der Waals surface area contributed by atoms with Crippen molar-refractivity contribution in [1.29, 1.82) is 0 Å². The van der Waals surface area contributed by atoms with E-state index in [1.165, 1.54) is 0 Å². The molecule has 0 unspecified atom stereocenters. The minimum atomic E-state index is -0.772. The number of halogens is 2. The summed E-state index contributed by atoms with van der Waals surface area (Å²) in [4.78, 5) is 23.2. The zero-order valence-corrected chi connectivity index (χ0v) is 12.1. The number of nitrogens with one attached hydrogen (secondary N) is 2. The lowest BCUT2D eigenvalue weighted by Gasteiger charge is -2.09. The molecule has 2 N–H and O–H groups in total. The van der Waals surface area contributed by atoms with Crippen LogP contribution >= 0.6 is 23.2 Å². The fourth-order valence-corrected chi connectivity index (χ4v) is 1.94. The molecule has 0 saturated carbocycles. The second kappa shape index (κ2) is 8.02. The van der Waals surface area contributed by atoms with Crippen molar-refractivity contribution in [2.75, 3.05) is 11.9 Å². The van der Waals surface area contributed by atoms with Crippen molar-refractivity contribution >= 4 is 40.7 Å². The Morgan fingerprint density at radius 3 is 2.32 bits per heavy atom. The fourth-order valence-electron chi connectivity index (χ4n) is 1.44. The largest absolute Gasteiger partial charge is 0.348 e. The van der Waals surface area contributed by atoms with E-state index in [-0.39, 0.29) is 5.69 Å². The molecule has 0 aliphatic carbocycles. The maximum absolute atomic E-state index is 11.6. The Hall–Kier alpha value is -1.26. The summed E-state index contributed by atoms with van der Waals surface area (Å²) >= 11 is 11.8. The summed E-state index contributed by atoms with van der Waals surface area (Å²) in [6, 6.07) is 4.83. The number of hydrogen-bond acceptors (Lipinski definition) is 2.